The van der Waals surface area contributed by atoms with E-state index < -0.39 is 0 Å². The van der Waals surface area contributed by atoms with Crippen LogP contribution in [-0.2, 0) is 0 Å². The first-order valence-corrected chi connectivity index (χ1v) is 21.1. The second-order valence-electron chi connectivity index (χ2n) is 10.9. The topological polar surface area (TPSA) is 63.2 Å². The van der Waals surface area contributed by atoms with Crippen molar-refractivity contribution in [1.82, 2.24) is 19.9 Å². The van der Waals surface area contributed by atoms with Crippen molar-refractivity contribution in [2.24, 2.45) is 0 Å². The Morgan fingerprint density at radius 3 is 0.705 bits per heavy atom. The van der Waals surface area contributed by atoms with Gasteiger partial charge in [-0.05, 0) is 153 Å². The van der Waals surface area contributed by atoms with E-state index in [1.807, 2.05) is 0 Å². The van der Waals surface area contributed by atoms with Gasteiger partial charge in [0.25, 0.3) is 0 Å². The fourth-order valence-corrected chi connectivity index (χ4v) is 10.3. The van der Waals surface area contributed by atoms with Crippen LogP contribution in [0.2, 0.25) is 0 Å². The van der Waals surface area contributed by atoms with Crippen molar-refractivity contribution in [3.8, 4) is 0 Å². The van der Waals surface area contributed by atoms with Crippen molar-refractivity contribution in [3.63, 3.8) is 0 Å². The van der Waals surface area contributed by atoms with Crippen LogP contribution in [0, 0.1) is 0 Å². The highest BCUT2D eigenvalue weighted by Gasteiger charge is 2.26. The molecule has 0 fully saturated rings. The summed E-state index contributed by atoms with van der Waals surface area (Å²) in [5.41, 5.74) is 9.12. The molecule has 44 heavy (non-hydrogen) atoms. The molecule has 0 unspecified atom stereocenters. The van der Waals surface area contributed by atoms with E-state index in [1.165, 1.54) is 22.3 Å². The summed E-state index contributed by atoms with van der Waals surface area (Å²) in [6.07, 6.45) is 7.55. The lowest BCUT2D eigenvalue weighted by Crippen LogP contribution is -2.19. The first-order valence-electron chi connectivity index (χ1n) is 14.8. The van der Waals surface area contributed by atoms with Gasteiger partial charge in [0.05, 0.1) is 80.0 Å². The molecule has 4 aromatic heterocycles. The number of halogens is 8. The number of hydrogen-bond donors (Lipinski definition) is 4. The molecule has 0 atom stereocenters. The van der Waals surface area contributed by atoms with Gasteiger partial charge >= 0.3 is 0 Å². The van der Waals surface area contributed by atoms with Crippen molar-refractivity contribution in [2.75, 3.05) is 0 Å². The van der Waals surface area contributed by atoms with E-state index in [2.05, 4.69) is 175 Å². The molecule has 0 saturated heterocycles. The van der Waals surface area contributed by atoms with Gasteiger partial charge < -0.3 is 19.9 Å². The molecule has 5 heterocycles. The average molecular weight is 1110 g/mol. The summed E-state index contributed by atoms with van der Waals surface area (Å²) in [5.74, 6) is 0. The number of aromatic nitrogens is 4. The second-order valence-corrected chi connectivity index (χ2v) is 17.3. The maximum Gasteiger partial charge on any atom is 0.0595 e. The molecule has 0 amide bonds. The summed E-state index contributed by atoms with van der Waals surface area (Å²) >= 11 is 31.9. The van der Waals surface area contributed by atoms with Crippen LogP contribution in [0.15, 0.2) is 35.8 Å². The van der Waals surface area contributed by atoms with Crippen LogP contribution in [-0.4, -0.2) is 19.9 Å². The van der Waals surface area contributed by atoms with Crippen molar-refractivity contribution in [2.45, 2.75) is 79.1 Å². The Morgan fingerprint density at radius 2 is 0.523 bits per heavy atom. The van der Waals surface area contributed by atoms with E-state index in [9.17, 15) is 0 Å². The van der Waals surface area contributed by atoms with E-state index in [0.29, 0.717) is 0 Å². The minimum absolute atomic E-state index is 0.890. The molecule has 0 aliphatic carbocycles. The summed E-state index contributed by atoms with van der Waals surface area (Å²) in [4.78, 5) is 15.5. The van der Waals surface area contributed by atoms with Gasteiger partial charge in [0.15, 0.2) is 0 Å². The lowest BCUT2D eigenvalue weighted by molar-refractivity contribution is 0.938. The monoisotopic (exact) mass is 1100 g/mol. The van der Waals surface area contributed by atoms with Gasteiger partial charge in [-0.1, -0.05) is 53.4 Å². The highest BCUT2D eigenvalue weighted by molar-refractivity contribution is 9.14. The van der Waals surface area contributed by atoms with Crippen LogP contribution >= 0.6 is 127 Å². The molecule has 236 valence electrons. The quantitative estimate of drug-likeness (QED) is 0.136. The van der Waals surface area contributed by atoms with Crippen LogP contribution in [0.5, 0.6) is 0 Å². The molecular weight excluding hydrogens is 1080 g/mol. The standard InChI is InChI=1S/C32H32Br8N4/c1-5-9-13-25-17(33)19(35)27(41-25)14(10-6-2)29-21(37)23(39)31(43-29)16(12-8-4)32-24(40)22(38)30(44-32)15(11-7-3)28-20(36)18(34)26(13)42-28/h41-44H,5-12H2,1-4H3. The van der Waals surface area contributed by atoms with Crippen LogP contribution in [0.25, 0.3) is 22.3 Å². The lowest BCUT2D eigenvalue weighted by Gasteiger charge is -2.08. The number of nitrogens with one attached hydrogen (secondary N) is 4. The first kappa shape index (κ1) is 35.7. The van der Waals surface area contributed by atoms with Gasteiger partial charge in [0, 0.05) is 22.3 Å². The van der Waals surface area contributed by atoms with Crippen molar-refractivity contribution >= 4 is 150 Å². The van der Waals surface area contributed by atoms with E-state index in [-0.39, 0.29) is 0 Å². The predicted octanol–water partition coefficient (Wildman–Crippen LogP) is 11.4. The molecule has 1 aliphatic rings. The zero-order valence-corrected chi connectivity index (χ0v) is 37.4. The smallest absolute Gasteiger partial charge is 0.0595 e. The molecule has 4 nitrogen and oxygen atoms in total. The van der Waals surface area contributed by atoms with Gasteiger partial charge in [-0.25, -0.2) is 0 Å². The fourth-order valence-electron chi connectivity index (χ4n) is 5.98. The molecule has 4 aromatic rings. The number of fused-ring (bicyclic) bond motifs is 8. The van der Waals surface area contributed by atoms with Gasteiger partial charge in [0.2, 0.25) is 0 Å². The fraction of sp³-hybridized carbons (Fsp3) is 0.375. The van der Waals surface area contributed by atoms with Crippen LogP contribution in [0.3, 0.4) is 0 Å². The largest absolute Gasteiger partial charge is 0.353 e. The molecular formula is C32H32Br8N4. The van der Waals surface area contributed by atoms with Crippen molar-refractivity contribution in [1.29, 1.82) is 0 Å². The zero-order valence-electron chi connectivity index (χ0n) is 24.7. The third-order valence-electron chi connectivity index (χ3n) is 7.94. The predicted molar refractivity (Wildman–Crippen MR) is 213 cm³/mol. The van der Waals surface area contributed by atoms with Gasteiger partial charge in [-0.2, -0.15) is 0 Å². The molecule has 8 bridgehead atoms. The summed E-state index contributed by atoms with van der Waals surface area (Å²) in [6, 6.07) is 0. The number of H-pyrrole nitrogens is 4. The molecule has 5 rings (SSSR count). The van der Waals surface area contributed by atoms with Crippen LogP contribution in [0.4, 0.5) is 0 Å². The number of hydrogen-bond acceptors (Lipinski definition) is 0. The maximum atomic E-state index is 3.98. The summed E-state index contributed by atoms with van der Waals surface area (Å²) in [7, 11) is 0. The third kappa shape index (κ3) is 6.20. The van der Waals surface area contributed by atoms with E-state index in [0.717, 1.165) is 131 Å². The molecule has 0 radical (unpaired) electrons. The maximum absolute atomic E-state index is 3.98. The normalized spacial score (nSPS) is 13.5. The van der Waals surface area contributed by atoms with E-state index in [4.69, 9.17) is 0 Å². The zero-order chi connectivity index (χ0) is 32.0. The third-order valence-corrected chi connectivity index (χ3v) is 16.4. The Balaban J connectivity index is 2.13. The van der Waals surface area contributed by atoms with Crippen LogP contribution < -0.4 is 21.4 Å². The molecule has 4 N–H and O–H groups in total. The SMILES string of the molecule is CCCC1=c2[nH]c(c(Br)c2Br)=C(CCC)c2[nH]c(c(Br)c2Br)C(CCC)=c2[nH]c(c(Br)c2Br)=C(CCC)c2[nH]c1c(Br)c2Br. The van der Waals surface area contributed by atoms with E-state index in [1.54, 1.807) is 0 Å². The molecule has 0 saturated carbocycles. The van der Waals surface area contributed by atoms with E-state index >= 15 is 0 Å². The minimum atomic E-state index is 0.890. The Kier molecular flexibility index (Phi) is 12.1. The number of rotatable bonds is 8. The van der Waals surface area contributed by atoms with Crippen molar-refractivity contribution in [3.05, 3.63) is 80.0 Å². The Hall–Kier alpha value is 0.440. The van der Waals surface area contributed by atoms with Gasteiger partial charge in [-0.3, -0.25) is 0 Å². The minimum Gasteiger partial charge on any atom is -0.353 e. The number of aromatic amines is 4. The Morgan fingerprint density at radius 1 is 0.318 bits per heavy atom. The molecule has 0 spiro atoms. The molecule has 0 aromatic carbocycles. The summed E-state index contributed by atoms with van der Waals surface area (Å²) in [6.45, 7) is 8.90. The lowest BCUT2D eigenvalue weighted by atomic mass is 10.1. The first-order chi connectivity index (χ1) is 21.0. The summed E-state index contributed by atoms with van der Waals surface area (Å²) in [5, 5.41) is 4.27. The van der Waals surface area contributed by atoms with Gasteiger partial charge in [0.1, 0.15) is 0 Å². The van der Waals surface area contributed by atoms with Gasteiger partial charge in [-0.15, -0.1) is 0 Å². The Bertz CT molecular complexity index is 1730. The van der Waals surface area contributed by atoms with Crippen molar-refractivity contribution < 1.29 is 0 Å². The Labute approximate surface area is 324 Å². The second kappa shape index (κ2) is 14.9. The highest BCUT2D eigenvalue weighted by atomic mass is 79.9. The van der Waals surface area contributed by atoms with Crippen LogP contribution in [0.1, 0.15) is 102 Å². The summed E-state index contributed by atoms with van der Waals surface area (Å²) < 4.78 is 8.16. The highest BCUT2D eigenvalue weighted by Crippen LogP contribution is 2.41. The molecule has 1 aliphatic heterocycles. The average Bonchev–Trinajstić information content (AvgIpc) is 3.67. The molecule has 12 heteroatoms.